The Balaban J connectivity index is 2.35. The molecule has 0 amide bonds. The summed E-state index contributed by atoms with van der Waals surface area (Å²) in [5, 5.41) is 12.3. The van der Waals surface area contributed by atoms with E-state index in [4.69, 9.17) is 4.52 Å². The van der Waals surface area contributed by atoms with Crippen molar-refractivity contribution in [3.05, 3.63) is 5.89 Å². The standard InChI is InChI=1S/C6H6N4OS2/c1-3-7-4(10-11-3)5-8-9-6(12-2)13-5/h1-2H3. The lowest BCUT2D eigenvalue weighted by Crippen LogP contribution is -1.78. The van der Waals surface area contributed by atoms with Gasteiger partial charge in [-0.1, -0.05) is 28.3 Å². The highest BCUT2D eigenvalue weighted by molar-refractivity contribution is 8.00. The minimum absolute atomic E-state index is 0.510. The summed E-state index contributed by atoms with van der Waals surface area (Å²) < 4.78 is 5.73. The molecule has 0 aliphatic rings. The smallest absolute Gasteiger partial charge is 0.233 e. The molecule has 0 spiro atoms. The van der Waals surface area contributed by atoms with Gasteiger partial charge in [0.05, 0.1) is 0 Å². The molecular formula is C6H6N4OS2. The molecule has 0 N–H and O–H groups in total. The molecule has 2 rings (SSSR count). The fourth-order valence-corrected chi connectivity index (χ4v) is 1.96. The lowest BCUT2D eigenvalue weighted by molar-refractivity contribution is 0.394. The van der Waals surface area contributed by atoms with Gasteiger partial charge < -0.3 is 4.52 Å². The molecule has 5 nitrogen and oxygen atoms in total. The summed E-state index contributed by atoms with van der Waals surface area (Å²) in [6.07, 6.45) is 1.95. The number of nitrogens with zero attached hydrogens (tertiary/aromatic N) is 4. The summed E-state index contributed by atoms with van der Waals surface area (Å²) in [5.41, 5.74) is 0. The molecule has 0 saturated carbocycles. The van der Waals surface area contributed by atoms with Gasteiger partial charge >= 0.3 is 0 Å². The number of thioether (sulfide) groups is 1. The number of hydrogen-bond donors (Lipinski definition) is 0. The Morgan fingerprint density at radius 3 is 2.77 bits per heavy atom. The zero-order valence-corrected chi connectivity index (χ0v) is 8.65. The number of rotatable bonds is 2. The molecule has 0 aromatic carbocycles. The third-order valence-corrected chi connectivity index (χ3v) is 3.19. The lowest BCUT2D eigenvalue weighted by atomic mass is 10.6. The van der Waals surface area contributed by atoms with Crippen LogP contribution in [0.4, 0.5) is 0 Å². The van der Waals surface area contributed by atoms with Gasteiger partial charge in [-0.3, -0.25) is 0 Å². The van der Waals surface area contributed by atoms with Crippen molar-refractivity contribution in [1.29, 1.82) is 0 Å². The average Bonchev–Trinajstić information content (AvgIpc) is 2.71. The fraction of sp³-hybridized carbons (Fsp3) is 0.333. The number of hydrogen-bond acceptors (Lipinski definition) is 7. The maximum absolute atomic E-state index is 4.83. The monoisotopic (exact) mass is 214 g/mol. The average molecular weight is 214 g/mol. The van der Waals surface area contributed by atoms with Crippen LogP contribution in [0.25, 0.3) is 10.8 Å². The van der Waals surface area contributed by atoms with Crippen LogP contribution in [0.15, 0.2) is 8.86 Å². The Morgan fingerprint density at radius 2 is 2.23 bits per heavy atom. The van der Waals surface area contributed by atoms with E-state index in [0.29, 0.717) is 16.7 Å². The molecule has 2 aromatic heterocycles. The Bertz CT molecular complexity index is 410. The molecule has 2 heterocycles. The Kier molecular flexibility index (Phi) is 2.28. The largest absolute Gasteiger partial charge is 0.339 e. The highest BCUT2D eigenvalue weighted by Crippen LogP contribution is 2.25. The molecule has 68 valence electrons. The van der Waals surface area contributed by atoms with Crippen LogP contribution in [-0.2, 0) is 0 Å². The van der Waals surface area contributed by atoms with Gasteiger partial charge in [-0.2, -0.15) is 4.98 Å². The summed E-state index contributed by atoms with van der Waals surface area (Å²) >= 11 is 3.00. The summed E-state index contributed by atoms with van der Waals surface area (Å²) in [6.45, 7) is 1.74. The second kappa shape index (κ2) is 3.43. The van der Waals surface area contributed by atoms with Gasteiger partial charge in [0.2, 0.25) is 11.7 Å². The normalized spacial score (nSPS) is 10.6. The quantitative estimate of drug-likeness (QED) is 0.708. The Labute approximate surface area is 82.6 Å². The second-order valence-corrected chi connectivity index (χ2v) is 4.25. The van der Waals surface area contributed by atoms with Gasteiger partial charge in [-0.25, -0.2) is 0 Å². The SMILES string of the molecule is CSc1nnc(-c2noc(C)n2)s1. The first-order valence-corrected chi connectivity index (χ1v) is 5.52. The second-order valence-electron chi connectivity index (χ2n) is 2.21. The summed E-state index contributed by atoms with van der Waals surface area (Å²) in [7, 11) is 0. The third kappa shape index (κ3) is 1.70. The number of aromatic nitrogens is 4. The van der Waals surface area contributed by atoms with E-state index in [-0.39, 0.29) is 0 Å². The molecule has 0 aliphatic heterocycles. The van der Waals surface area contributed by atoms with Crippen LogP contribution in [0, 0.1) is 6.92 Å². The molecule has 0 atom stereocenters. The van der Waals surface area contributed by atoms with E-state index in [1.165, 1.54) is 11.3 Å². The Hall–Kier alpha value is -0.950. The van der Waals surface area contributed by atoms with Crippen molar-refractivity contribution in [1.82, 2.24) is 20.3 Å². The van der Waals surface area contributed by atoms with Gasteiger partial charge in [0, 0.05) is 6.92 Å². The summed E-state index contributed by atoms with van der Waals surface area (Å²) in [6, 6.07) is 0. The first-order valence-electron chi connectivity index (χ1n) is 3.48. The topological polar surface area (TPSA) is 64.7 Å². The first kappa shape index (κ1) is 8.64. The molecule has 2 aromatic rings. The van der Waals surface area contributed by atoms with E-state index in [0.717, 1.165) is 4.34 Å². The van der Waals surface area contributed by atoms with Crippen LogP contribution in [0.2, 0.25) is 0 Å². The lowest BCUT2D eigenvalue weighted by Gasteiger charge is -1.79. The van der Waals surface area contributed by atoms with Crippen LogP contribution in [0.1, 0.15) is 5.89 Å². The van der Waals surface area contributed by atoms with Crippen molar-refractivity contribution in [2.45, 2.75) is 11.3 Å². The molecule has 0 radical (unpaired) electrons. The molecule has 0 aliphatic carbocycles. The summed E-state index contributed by atoms with van der Waals surface area (Å²) in [5.74, 6) is 1.05. The maximum atomic E-state index is 4.83. The molecule has 0 bridgehead atoms. The van der Waals surface area contributed by atoms with Crippen LogP contribution in [-0.4, -0.2) is 26.6 Å². The van der Waals surface area contributed by atoms with Gasteiger partial charge in [-0.15, -0.1) is 10.2 Å². The zero-order valence-electron chi connectivity index (χ0n) is 7.01. The van der Waals surface area contributed by atoms with Crippen LogP contribution >= 0.6 is 23.1 Å². The molecule has 7 heteroatoms. The maximum Gasteiger partial charge on any atom is 0.233 e. The minimum Gasteiger partial charge on any atom is -0.339 e. The third-order valence-electron chi connectivity index (χ3n) is 1.30. The van der Waals surface area contributed by atoms with E-state index in [2.05, 4.69) is 20.3 Å². The van der Waals surface area contributed by atoms with E-state index >= 15 is 0 Å². The van der Waals surface area contributed by atoms with Crippen molar-refractivity contribution in [3.8, 4) is 10.8 Å². The van der Waals surface area contributed by atoms with Crippen LogP contribution in [0.3, 0.4) is 0 Å². The van der Waals surface area contributed by atoms with Gasteiger partial charge in [0.25, 0.3) is 0 Å². The predicted octanol–water partition coefficient (Wildman–Crippen LogP) is 1.62. The van der Waals surface area contributed by atoms with E-state index in [1.807, 2.05) is 6.26 Å². The van der Waals surface area contributed by atoms with Gasteiger partial charge in [0.1, 0.15) is 0 Å². The van der Waals surface area contributed by atoms with E-state index < -0.39 is 0 Å². The number of aryl methyl sites for hydroxylation is 1. The van der Waals surface area contributed by atoms with Crippen molar-refractivity contribution >= 4 is 23.1 Å². The molecular weight excluding hydrogens is 208 g/mol. The fourth-order valence-electron chi connectivity index (χ4n) is 0.769. The minimum atomic E-state index is 0.510. The van der Waals surface area contributed by atoms with Crippen molar-refractivity contribution in [2.24, 2.45) is 0 Å². The van der Waals surface area contributed by atoms with E-state index in [9.17, 15) is 0 Å². The van der Waals surface area contributed by atoms with E-state index in [1.54, 1.807) is 18.7 Å². The highest BCUT2D eigenvalue weighted by Gasteiger charge is 2.11. The van der Waals surface area contributed by atoms with Gasteiger partial charge in [0.15, 0.2) is 9.35 Å². The molecule has 0 fully saturated rings. The highest BCUT2D eigenvalue weighted by atomic mass is 32.2. The summed E-state index contributed by atoms with van der Waals surface area (Å²) in [4.78, 5) is 4.05. The predicted molar refractivity (Wildman–Crippen MR) is 49.7 cm³/mol. The molecule has 0 unspecified atom stereocenters. The van der Waals surface area contributed by atoms with Crippen molar-refractivity contribution < 1.29 is 4.52 Å². The first-order chi connectivity index (χ1) is 6.29. The van der Waals surface area contributed by atoms with Crippen molar-refractivity contribution in [2.75, 3.05) is 6.26 Å². The van der Waals surface area contributed by atoms with Gasteiger partial charge in [-0.05, 0) is 6.26 Å². The van der Waals surface area contributed by atoms with Crippen LogP contribution < -0.4 is 0 Å². The zero-order chi connectivity index (χ0) is 9.26. The Morgan fingerprint density at radius 1 is 1.38 bits per heavy atom. The van der Waals surface area contributed by atoms with Crippen LogP contribution in [0.5, 0.6) is 0 Å². The molecule has 13 heavy (non-hydrogen) atoms. The van der Waals surface area contributed by atoms with Crippen molar-refractivity contribution in [3.63, 3.8) is 0 Å². The molecule has 0 saturated heterocycles.